The van der Waals surface area contributed by atoms with Crippen LogP contribution < -0.4 is 5.32 Å². The van der Waals surface area contributed by atoms with Gasteiger partial charge >= 0.3 is 0 Å². The summed E-state index contributed by atoms with van der Waals surface area (Å²) in [5.41, 5.74) is 0.714. The van der Waals surface area contributed by atoms with Crippen molar-refractivity contribution in [1.29, 1.82) is 0 Å². The first-order chi connectivity index (χ1) is 10.2. The van der Waals surface area contributed by atoms with Crippen molar-refractivity contribution >= 4 is 11.6 Å². The third-order valence-corrected chi connectivity index (χ3v) is 3.15. The summed E-state index contributed by atoms with van der Waals surface area (Å²) in [6, 6.07) is 4.26. The Morgan fingerprint density at radius 1 is 1.52 bits per heavy atom. The van der Waals surface area contributed by atoms with Gasteiger partial charge in [-0.15, -0.1) is 0 Å². The van der Waals surface area contributed by atoms with Crippen LogP contribution in [0.4, 0.5) is 10.1 Å². The summed E-state index contributed by atoms with van der Waals surface area (Å²) in [4.78, 5) is 11.9. The van der Waals surface area contributed by atoms with Gasteiger partial charge in [0.15, 0.2) is 0 Å². The van der Waals surface area contributed by atoms with Gasteiger partial charge in [-0.3, -0.25) is 4.79 Å². The molecule has 1 saturated heterocycles. The van der Waals surface area contributed by atoms with Crippen molar-refractivity contribution < 1.29 is 19.0 Å². The minimum Gasteiger partial charge on any atom is -0.395 e. The van der Waals surface area contributed by atoms with Gasteiger partial charge in [0.05, 0.1) is 24.7 Å². The van der Waals surface area contributed by atoms with Crippen molar-refractivity contribution in [2.75, 3.05) is 18.5 Å². The highest BCUT2D eigenvalue weighted by Crippen LogP contribution is 2.18. The highest BCUT2D eigenvalue weighted by Gasteiger charge is 2.19. The number of carbonyl (C=O) groups excluding carboxylic acids is 1. The number of ether oxygens (including phenoxy) is 1. The third-order valence-electron chi connectivity index (χ3n) is 3.15. The zero-order valence-electron chi connectivity index (χ0n) is 11.7. The van der Waals surface area contributed by atoms with E-state index in [-0.39, 0.29) is 30.6 Å². The molecule has 1 aromatic carbocycles. The molecule has 0 radical (unpaired) electrons. The SMILES string of the molecule is O=C(CC1CCCO1)Nc1ccc(F)c(C#CCCO)c1. The summed E-state index contributed by atoms with van der Waals surface area (Å²) in [7, 11) is 0. The number of nitrogens with one attached hydrogen (secondary N) is 1. The predicted octanol–water partition coefficient (Wildman–Crippen LogP) is 2.07. The van der Waals surface area contributed by atoms with Crippen LogP contribution >= 0.6 is 0 Å². The Labute approximate surface area is 123 Å². The molecular formula is C16H18FNO3. The van der Waals surface area contributed by atoms with Crippen LogP contribution in [0.25, 0.3) is 0 Å². The number of aliphatic hydroxyl groups is 1. The molecule has 1 aliphatic heterocycles. The number of aliphatic hydroxyl groups excluding tert-OH is 1. The van der Waals surface area contributed by atoms with Crippen molar-refractivity contribution in [3.05, 3.63) is 29.6 Å². The Morgan fingerprint density at radius 2 is 2.38 bits per heavy atom. The second-order valence-electron chi connectivity index (χ2n) is 4.86. The molecule has 1 atom stereocenters. The van der Waals surface area contributed by atoms with Crippen molar-refractivity contribution in [2.45, 2.75) is 31.8 Å². The van der Waals surface area contributed by atoms with E-state index in [2.05, 4.69) is 17.2 Å². The standard InChI is InChI=1S/C16H18FNO3/c17-15-7-6-13(10-12(15)4-1-2-8-19)18-16(20)11-14-5-3-9-21-14/h6-7,10,14,19H,2-3,5,8-9,11H2,(H,18,20). The summed E-state index contributed by atoms with van der Waals surface area (Å²) in [5.74, 6) is 4.70. The molecule has 2 rings (SSSR count). The fourth-order valence-electron chi connectivity index (χ4n) is 2.14. The van der Waals surface area contributed by atoms with E-state index in [9.17, 15) is 9.18 Å². The normalized spacial score (nSPS) is 17.1. The van der Waals surface area contributed by atoms with Gasteiger partial charge in [-0.1, -0.05) is 11.8 Å². The number of hydrogen-bond donors (Lipinski definition) is 2. The fraction of sp³-hybridized carbons (Fsp3) is 0.438. The van der Waals surface area contributed by atoms with Gasteiger partial charge in [-0.2, -0.15) is 0 Å². The zero-order chi connectivity index (χ0) is 15.1. The number of rotatable bonds is 4. The maximum Gasteiger partial charge on any atom is 0.226 e. The lowest BCUT2D eigenvalue weighted by atomic mass is 10.1. The molecule has 1 heterocycles. The van der Waals surface area contributed by atoms with Crippen LogP contribution in [0.5, 0.6) is 0 Å². The number of anilines is 1. The number of halogens is 1. The average Bonchev–Trinajstić information content (AvgIpc) is 2.95. The van der Waals surface area contributed by atoms with Gasteiger partial charge in [-0.05, 0) is 31.0 Å². The largest absolute Gasteiger partial charge is 0.395 e. The molecule has 112 valence electrons. The second kappa shape index (κ2) is 7.77. The van der Waals surface area contributed by atoms with Crippen LogP contribution in [-0.2, 0) is 9.53 Å². The Balaban J connectivity index is 1.98. The van der Waals surface area contributed by atoms with E-state index >= 15 is 0 Å². The summed E-state index contributed by atoms with van der Waals surface area (Å²) < 4.78 is 19.0. The van der Waals surface area contributed by atoms with Crippen molar-refractivity contribution in [3.8, 4) is 11.8 Å². The van der Waals surface area contributed by atoms with Gasteiger partial charge in [0, 0.05) is 18.7 Å². The summed E-state index contributed by atoms with van der Waals surface area (Å²) in [5, 5.41) is 11.4. The second-order valence-corrected chi connectivity index (χ2v) is 4.86. The van der Waals surface area contributed by atoms with E-state index in [1.54, 1.807) is 0 Å². The van der Waals surface area contributed by atoms with Crippen molar-refractivity contribution in [3.63, 3.8) is 0 Å². The van der Waals surface area contributed by atoms with Gasteiger partial charge in [0.2, 0.25) is 5.91 Å². The lowest BCUT2D eigenvalue weighted by Crippen LogP contribution is -2.19. The van der Waals surface area contributed by atoms with Crippen LogP contribution in [0.3, 0.4) is 0 Å². The molecule has 2 N–H and O–H groups in total. The number of amides is 1. The molecule has 1 aliphatic rings. The van der Waals surface area contributed by atoms with E-state index < -0.39 is 5.82 Å². The van der Waals surface area contributed by atoms with Crippen molar-refractivity contribution in [2.24, 2.45) is 0 Å². The molecule has 5 heteroatoms. The first-order valence-electron chi connectivity index (χ1n) is 7.00. The molecule has 0 spiro atoms. The quantitative estimate of drug-likeness (QED) is 0.835. The van der Waals surface area contributed by atoms with Crippen molar-refractivity contribution in [1.82, 2.24) is 0 Å². The lowest BCUT2D eigenvalue weighted by molar-refractivity contribution is -0.118. The number of carbonyl (C=O) groups is 1. The number of hydrogen-bond acceptors (Lipinski definition) is 3. The summed E-state index contributed by atoms with van der Waals surface area (Å²) >= 11 is 0. The van der Waals surface area contributed by atoms with E-state index in [4.69, 9.17) is 9.84 Å². The Hall–Kier alpha value is -1.90. The molecule has 0 saturated carbocycles. The molecule has 0 aliphatic carbocycles. The molecule has 1 unspecified atom stereocenters. The number of benzene rings is 1. The monoisotopic (exact) mass is 291 g/mol. The molecule has 1 fully saturated rings. The van der Waals surface area contributed by atoms with Gasteiger partial charge in [0.25, 0.3) is 0 Å². The minimum atomic E-state index is -0.447. The first kappa shape index (κ1) is 15.5. The van der Waals surface area contributed by atoms with Crippen LogP contribution in [0.2, 0.25) is 0 Å². The van der Waals surface area contributed by atoms with E-state index in [0.29, 0.717) is 18.7 Å². The van der Waals surface area contributed by atoms with E-state index in [1.807, 2.05) is 0 Å². The van der Waals surface area contributed by atoms with Crippen LogP contribution in [0.1, 0.15) is 31.2 Å². The minimum absolute atomic E-state index is 0.0192. The predicted molar refractivity (Wildman–Crippen MR) is 77.2 cm³/mol. The van der Waals surface area contributed by atoms with Gasteiger partial charge < -0.3 is 15.2 Å². The third kappa shape index (κ3) is 4.85. The maximum absolute atomic E-state index is 13.6. The highest BCUT2D eigenvalue weighted by molar-refractivity contribution is 5.91. The first-order valence-corrected chi connectivity index (χ1v) is 7.00. The molecule has 0 aromatic heterocycles. The van der Waals surface area contributed by atoms with E-state index in [1.165, 1.54) is 18.2 Å². The zero-order valence-corrected chi connectivity index (χ0v) is 11.7. The topological polar surface area (TPSA) is 58.6 Å². The molecule has 21 heavy (non-hydrogen) atoms. The molecule has 0 bridgehead atoms. The van der Waals surface area contributed by atoms with Crippen LogP contribution in [-0.4, -0.2) is 30.3 Å². The van der Waals surface area contributed by atoms with E-state index in [0.717, 1.165) is 12.8 Å². The molecule has 1 amide bonds. The smallest absolute Gasteiger partial charge is 0.226 e. The Bertz CT molecular complexity index is 556. The van der Waals surface area contributed by atoms with Crippen LogP contribution in [0, 0.1) is 17.7 Å². The van der Waals surface area contributed by atoms with Gasteiger partial charge in [0.1, 0.15) is 5.82 Å². The fourth-order valence-corrected chi connectivity index (χ4v) is 2.14. The molecule has 4 nitrogen and oxygen atoms in total. The van der Waals surface area contributed by atoms with Crippen LogP contribution in [0.15, 0.2) is 18.2 Å². The summed E-state index contributed by atoms with van der Waals surface area (Å²) in [6.45, 7) is 0.644. The Kier molecular flexibility index (Phi) is 5.73. The maximum atomic E-state index is 13.6. The Morgan fingerprint density at radius 3 is 3.10 bits per heavy atom. The van der Waals surface area contributed by atoms with Gasteiger partial charge in [-0.25, -0.2) is 4.39 Å². The highest BCUT2D eigenvalue weighted by atomic mass is 19.1. The summed E-state index contributed by atoms with van der Waals surface area (Å²) in [6.07, 6.45) is 2.46. The average molecular weight is 291 g/mol. The lowest BCUT2D eigenvalue weighted by Gasteiger charge is -2.10. The molecular weight excluding hydrogens is 273 g/mol. The molecule has 1 aromatic rings.